The van der Waals surface area contributed by atoms with E-state index in [-0.39, 0.29) is 30.8 Å². The number of rotatable bonds is 6. The molecular formula is C24H26F2N4O2. The van der Waals surface area contributed by atoms with Gasteiger partial charge >= 0.3 is 0 Å². The average Bonchev–Trinajstić information content (AvgIpc) is 3.32. The van der Waals surface area contributed by atoms with Gasteiger partial charge in [0.05, 0.1) is 18.1 Å². The van der Waals surface area contributed by atoms with Gasteiger partial charge in [0.1, 0.15) is 5.82 Å². The number of aromatic nitrogens is 3. The van der Waals surface area contributed by atoms with Gasteiger partial charge in [-0.3, -0.25) is 4.79 Å². The third-order valence-corrected chi connectivity index (χ3v) is 6.76. The molecule has 2 aromatic heterocycles. The van der Waals surface area contributed by atoms with Crippen LogP contribution in [-0.2, 0) is 11.2 Å². The Bertz CT molecular complexity index is 1120. The van der Waals surface area contributed by atoms with Crippen LogP contribution in [0.2, 0.25) is 0 Å². The lowest BCUT2D eigenvalue weighted by atomic mass is 9.87. The van der Waals surface area contributed by atoms with Crippen molar-refractivity contribution >= 4 is 16.8 Å². The second kappa shape index (κ2) is 8.56. The van der Waals surface area contributed by atoms with E-state index in [1.807, 2.05) is 23.1 Å². The first kappa shape index (κ1) is 21.0. The second-order valence-electron chi connectivity index (χ2n) is 8.97. The zero-order valence-electron chi connectivity index (χ0n) is 18.0. The third kappa shape index (κ3) is 4.23. The van der Waals surface area contributed by atoms with E-state index in [0.29, 0.717) is 29.8 Å². The van der Waals surface area contributed by atoms with Crippen molar-refractivity contribution in [2.75, 3.05) is 0 Å². The SMILES string of the molecule is Cc1ncc(-c2ccc3cnc(CC(=O)N4[C@@H]5CC[C@H]4CC(CCC(F)F)C5)nc3c2)o1. The predicted molar refractivity (Wildman–Crippen MR) is 115 cm³/mol. The number of carbonyl (C=O) groups excluding carboxylic acids is 1. The summed E-state index contributed by atoms with van der Waals surface area (Å²) in [6.45, 7) is 1.80. The number of nitrogens with zero attached hydrogens (tertiary/aromatic N) is 4. The van der Waals surface area contributed by atoms with Crippen LogP contribution in [0.25, 0.3) is 22.2 Å². The van der Waals surface area contributed by atoms with E-state index in [4.69, 9.17) is 4.42 Å². The first-order valence-corrected chi connectivity index (χ1v) is 11.2. The molecule has 6 nitrogen and oxygen atoms in total. The normalized spacial score (nSPS) is 22.8. The molecular weight excluding hydrogens is 414 g/mol. The second-order valence-corrected chi connectivity index (χ2v) is 8.97. The summed E-state index contributed by atoms with van der Waals surface area (Å²) < 4.78 is 30.8. The number of alkyl halides is 2. The number of benzene rings is 1. The number of aryl methyl sites for hydroxylation is 1. The fourth-order valence-corrected chi connectivity index (χ4v) is 5.32. The van der Waals surface area contributed by atoms with Gasteiger partial charge in [-0.1, -0.05) is 12.1 Å². The van der Waals surface area contributed by atoms with E-state index in [9.17, 15) is 13.6 Å². The molecule has 3 aromatic rings. The molecule has 0 aliphatic carbocycles. The maximum absolute atomic E-state index is 13.1. The van der Waals surface area contributed by atoms with Crippen LogP contribution in [-0.4, -0.2) is 44.3 Å². The number of oxazole rings is 1. The topological polar surface area (TPSA) is 72.1 Å². The minimum atomic E-state index is -2.24. The van der Waals surface area contributed by atoms with Gasteiger partial charge in [-0.2, -0.15) is 0 Å². The van der Waals surface area contributed by atoms with Gasteiger partial charge in [0.2, 0.25) is 12.3 Å². The van der Waals surface area contributed by atoms with Crippen molar-refractivity contribution in [1.82, 2.24) is 19.9 Å². The number of carbonyl (C=O) groups is 1. The molecule has 2 saturated heterocycles. The highest BCUT2D eigenvalue weighted by molar-refractivity contribution is 5.84. The molecule has 0 radical (unpaired) electrons. The molecule has 1 amide bonds. The van der Waals surface area contributed by atoms with Gasteiger partial charge in [-0.15, -0.1) is 0 Å². The molecule has 32 heavy (non-hydrogen) atoms. The predicted octanol–water partition coefficient (Wildman–Crippen LogP) is 4.95. The van der Waals surface area contributed by atoms with Crippen LogP contribution in [0.1, 0.15) is 50.2 Å². The van der Waals surface area contributed by atoms with Crippen molar-refractivity contribution in [3.05, 3.63) is 42.3 Å². The van der Waals surface area contributed by atoms with Crippen molar-refractivity contribution in [2.24, 2.45) is 5.92 Å². The van der Waals surface area contributed by atoms with Crippen molar-refractivity contribution in [3.8, 4) is 11.3 Å². The minimum absolute atomic E-state index is 0.0335. The van der Waals surface area contributed by atoms with Crippen LogP contribution >= 0.6 is 0 Å². The third-order valence-electron chi connectivity index (χ3n) is 6.76. The number of fused-ring (bicyclic) bond motifs is 3. The minimum Gasteiger partial charge on any atom is -0.441 e. The van der Waals surface area contributed by atoms with E-state index in [1.165, 1.54) is 0 Å². The highest BCUT2D eigenvalue weighted by Crippen LogP contribution is 2.41. The summed E-state index contributed by atoms with van der Waals surface area (Å²) in [5, 5.41) is 0.890. The van der Waals surface area contributed by atoms with Gasteiger partial charge in [0, 0.05) is 42.6 Å². The lowest BCUT2D eigenvalue weighted by Crippen LogP contribution is -2.47. The van der Waals surface area contributed by atoms with Crippen LogP contribution in [0.5, 0.6) is 0 Å². The number of hydrogen-bond donors (Lipinski definition) is 0. The largest absolute Gasteiger partial charge is 0.441 e. The molecule has 5 rings (SSSR count). The zero-order chi connectivity index (χ0) is 22.2. The van der Waals surface area contributed by atoms with Gasteiger partial charge in [-0.05, 0) is 44.1 Å². The summed E-state index contributed by atoms with van der Waals surface area (Å²) in [6, 6.07) is 6.10. The lowest BCUT2D eigenvalue weighted by molar-refractivity contribution is -0.135. The molecule has 1 aromatic carbocycles. The van der Waals surface area contributed by atoms with E-state index >= 15 is 0 Å². The zero-order valence-corrected chi connectivity index (χ0v) is 18.0. The summed E-state index contributed by atoms with van der Waals surface area (Å²) in [6.07, 6.45) is 5.41. The fraction of sp³-hybridized carbons (Fsp3) is 0.500. The monoisotopic (exact) mass is 440 g/mol. The quantitative estimate of drug-likeness (QED) is 0.542. The summed E-state index contributed by atoms with van der Waals surface area (Å²) in [7, 11) is 0. The average molecular weight is 440 g/mol. The van der Waals surface area contributed by atoms with Crippen molar-refractivity contribution in [3.63, 3.8) is 0 Å². The molecule has 2 aliphatic rings. The molecule has 2 fully saturated rings. The van der Waals surface area contributed by atoms with Crippen molar-refractivity contribution in [2.45, 2.75) is 70.4 Å². The lowest BCUT2D eigenvalue weighted by Gasteiger charge is -2.39. The van der Waals surface area contributed by atoms with E-state index in [2.05, 4.69) is 15.0 Å². The number of piperidine rings is 1. The van der Waals surface area contributed by atoms with E-state index in [1.54, 1.807) is 19.3 Å². The Morgan fingerprint density at radius 3 is 2.66 bits per heavy atom. The summed E-state index contributed by atoms with van der Waals surface area (Å²) in [4.78, 5) is 28.3. The molecule has 3 atom stereocenters. The summed E-state index contributed by atoms with van der Waals surface area (Å²) in [5.74, 6) is 2.09. The molecule has 0 N–H and O–H groups in total. The highest BCUT2D eigenvalue weighted by atomic mass is 19.3. The Hall–Kier alpha value is -2.90. The van der Waals surface area contributed by atoms with Gasteiger partial charge in [0.15, 0.2) is 11.7 Å². The first-order chi connectivity index (χ1) is 15.5. The Kier molecular flexibility index (Phi) is 5.61. The smallest absolute Gasteiger partial charge is 0.238 e. The molecule has 0 spiro atoms. The Balaban J connectivity index is 1.29. The number of hydrogen-bond acceptors (Lipinski definition) is 5. The molecule has 2 bridgehead atoms. The fourth-order valence-electron chi connectivity index (χ4n) is 5.32. The summed E-state index contributed by atoms with van der Waals surface area (Å²) >= 11 is 0. The summed E-state index contributed by atoms with van der Waals surface area (Å²) in [5.41, 5.74) is 1.63. The number of halogens is 2. The molecule has 0 saturated carbocycles. The van der Waals surface area contributed by atoms with E-state index in [0.717, 1.165) is 42.1 Å². The van der Waals surface area contributed by atoms with Gasteiger partial charge in [-0.25, -0.2) is 23.7 Å². The van der Waals surface area contributed by atoms with Crippen LogP contribution in [0.4, 0.5) is 8.78 Å². The Morgan fingerprint density at radius 1 is 1.19 bits per heavy atom. The molecule has 168 valence electrons. The molecule has 8 heteroatoms. The standard InChI is InChI=1S/C24H26F2N4O2/c1-14-27-13-21(32-14)16-3-4-17-12-28-23(29-20(17)10-16)11-24(31)30-18-5-6-19(30)9-15(8-18)2-7-22(25)26/h3-4,10,12-13,15,18-19,22H,2,5-9,11H2,1H3/t15?,18-,19+. The maximum atomic E-state index is 13.1. The molecule has 1 unspecified atom stereocenters. The Labute approximate surface area is 185 Å². The highest BCUT2D eigenvalue weighted by Gasteiger charge is 2.43. The van der Waals surface area contributed by atoms with E-state index < -0.39 is 6.43 Å². The van der Waals surface area contributed by atoms with Crippen molar-refractivity contribution in [1.29, 1.82) is 0 Å². The van der Waals surface area contributed by atoms with Crippen molar-refractivity contribution < 1.29 is 18.0 Å². The van der Waals surface area contributed by atoms with Gasteiger partial charge in [0.25, 0.3) is 0 Å². The van der Waals surface area contributed by atoms with Crippen LogP contribution < -0.4 is 0 Å². The molecule has 2 aliphatic heterocycles. The van der Waals surface area contributed by atoms with Crippen LogP contribution in [0.3, 0.4) is 0 Å². The first-order valence-electron chi connectivity index (χ1n) is 11.2. The van der Waals surface area contributed by atoms with Gasteiger partial charge < -0.3 is 9.32 Å². The number of amides is 1. The van der Waals surface area contributed by atoms with Crippen LogP contribution in [0.15, 0.2) is 35.0 Å². The Morgan fingerprint density at radius 2 is 1.97 bits per heavy atom. The maximum Gasteiger partial charge on any atom is 0.238 e. The van der Waals surface area contributed by atoms with Crippen LogP contribution in [0, 0.1) is 12.8 Å². The molecule has 4 heterocycles.